The van der Waals surface area contributed by atoms with Crippen molar-refractivity contribution in [3.05, 3.63) is 83.2 Å². The van der Waals surface area contributed by atoms with Crippen LogP contribution in [0.1, 0.15) is 40.0 Å². The summed E-state index contributed by atoms with van der Waals surface area (Å²) in [5.74, 6) is 0.174. The molecule has 1 saturated carbocycles. The van der Waals surface area contributed by atoms with Gasteiger partial charge in [0.1, 0.15) is 11.5 Å². The van der Waals surface area contributed by atoms with Crippen molar-refractivity contribution in [1.82, 2.24) is 19.9 Å². The molecule has 0 bridgehead atoms. The monoisotopic (exact) mass is 442 g/mol. The van der Waals surface area contributed by atoms with Crippen LogP contribution in [0.4, 0.5) is 4.39 Å². The molecule has 168 valence electrons. The van der Waals surface area contributed by atoms with Crippen LogP contribution < -0.4 is 0 Å². The van der Waals surface area contributed by atoms with Crippen molar-refractivity contribution >= 4 is 16.8 Å². The summed E-state index contributed by atoms with van der Waals surface area (Å²) in [7, 11) is 0. The number of carbonyl (C=O) groups is 1. The fourth-order valence-corrected chi connectivity index (χ4v) is 4.27. The van der Waals surface area contributed by atoms with E-state index in [1.165, 1.54) is 11.6 Å². The van der Waals surface area contributed by atoms with Gasteiger partial charge in [0.2, 0.25) is 0 Å². The molecule has 33 heavy (non-hydrogen) atoms. The third kappa shape index (κ3) is 4.38. The zero-order chi connectivity index (χ0) is 22.9. The number of H-pyrrole nitrogens is 1. The number of hydrogen-bond acceptors (Lipinski definition) is 3. The fourth-order valence-electron chi connectivity index (χ4n) is 4.27. The molecule has 0 atom stereocenters. The van der Waals surface area contributed by atoms with Crippen molar-refractivity contribution in [2.45, 2.75) is 33.1 Å². The Bertz CT molecular complexity index is 1320. The molecule has 5 rings (SSSR count). The van der Waals surface area contributed by atoms with Crippen LogP contribution in [0.15, 0.2) is 55.0 Å². The van der Waals surface area contributed by atoms with E-state index in [0.29, 0.717) is 42.3 Å². The van der Waals surface area contributed by atoms with Gasteiger partial charge in [0.25, 0.3) is 5.91 Å². The second-order valence-electron chi connectivity index (χ2n) is 8.97. The lowest BCUT2D eigenvalue weighted by molar-refractivity contribution is 0.0744. The van der Waals surface area contributed by atoms with Gasteiger partial charge in [-0.2, -0.15) is 0 Å². The number of aromatic amines is 1. The van der Waals surface area contributed by atoms with Gasteiger partial charge in [-0.15, -0.1) is 0 Å². The molecule has 0 saturated heterocycles. The molecule has 5 nitrogen and oxygen atoms in total. The molecule has 0 unspecified atom stereocenters. The van der Waals surface area contributed by atoms with Crippen molar-refractivity contribution in [2.24, 2.45) is 5.92 Å². The SMILES string of the molecule is Cc1ccc(-c2nccnc2C(=O)N(CCc2c[nH]c3c(F)cccc23)CC2CC2)cc1C. The lowest BCUT2D eigenvalue weighted by Gasteiger charge is -2.23. The quantitative estimate of drug-likeness (QED) is 0.412. The van der Waals surface area contributed by atoms with Crippen LogP contribution in [0.3, 0.4) is 0 Å². The number of benzene rings is 2. The van der Waals surface area contributed by atoms with Crippen LogP contribution in [-0.2, 0) is 6.42 Å². The van der Waals surface area contributed by atoms with Crippen molar-refractivity contribution in [3.63, 3.8) is 0 Å². The standard InChI is InChI=1S/C27H27FN4O/c1-17-6-9-20(14-18(17)2)24-26(30-12-11-29-24)27(33)32(16-19-7-8-19)13-10-21-15-31-25-22(21)4-3-5-23(25)28/h3-6,9,11-12,14-15,19,31H,7-8,10,13,16H2,1-2H3. The van der Waals surface area contributed by atoms with Crippen molar-refractivity contribution < 1.29 is 9.18 Å². The molecule has 1 amide bonds. The predicted octanol–water partition coefficient (Wildman–Crippen LogP) is 5.48. The Labute approximate surface area is 192 Å². The molecule has 0 spiro atoms. The maximum absolute atomic E-state index is 14.1. The number of nitrogens with one attached hydrogen (secondary N) is 1. The van der Waals surface area contributed by atoms with Gasteiger partial charge in [-0.05, 0) is 67.9 Å². The summed E-state index contributed by atoms with van der Waals surface area (Å²) >= 11 is 0. The van der Waals surface area contributed by atoms with Gasteiger partial charge in [0.15, 0.2) is 5.69 Å². The zero-order valence-electron chi connectivity index (χ0n) is 18.9. The first kappa shape index (κ1) is 21.3. The van der Waals surface area contributed by atoms with Gasteiger partial charge in [0, 0.05) is 42.6 Å². The van der Waals surface area contributed by atoms with Crippen molar-refractivity contribution in [1.29, 1.82) is 0 Å². The summed E-state index contributed by atoms with van der Waals surface area (Å²) in [6.45, 7) is 5.37. The predicted molar refractivity (Wildman–Crippen MR) is 128 cm³/mol. The number of amides is 1. The number of rotatable bonds is 7. The second-order valence-corrected chi connectivity index (χ2v) is 8.97. The first-order valence-corrected chi connectivity index (χ1v) is 11.4. The molecule has 2 heterocycles. The van der Waals surface area contributed by atoms with Crippen LogP contribution in [0.25, 0.3) is 22.2 Å². The van der Waals surface area contributed by atoms with Gasteiger partial charge in [0.05, 0.1) is 5.52 Å². The number of aryl methyl sites for hydroxylation is 2. The molecule has 6 heteroatoms. The maximum atomic E-state index is 14.1. The molecule has 1 N–H and O–H groups in total. The topological polar surface area (TPSA) is 61.9 Å². The lowest BCUT2D eigenvalue weighted by atomic mass is 10.0. The summed E-state index contributed by atoms with van der Waals surface area (Å²) in [6, 6.07) is 11.2. The summed E-state index contributed by atoms with van der Waals surface area (Å²) < 4.78 is 14.1. The summed E-state index contributed by atoms with van der Waals surface area (Å²) in [5.41, 5.74) is 5.75. The molecule has 0 aliphatic heterocycles. The molecule has 2 aromatic carbocycles. The number of halogens is 1. The molecular formula is C27H27FN4O. The normalized spacial score (nSPS) is 13.4. The van der Waals surface area contributed by atoms with Gasteiger partial charge < -0.3 is 9.88 Å². The van der Waals surface area contributed by atoms with E-state index in [1.807, 2.05) is 29.3 Å². The molecule has 4 aromatic rings. The number of aromatic nitrogens is 3. The first-order valence-electron chi connectivity index (χ1n) is 11.4. The Morgan fingerprint density at radius 2 is 1.94 bits per heavy atom. The highest BCUT2D eigenvalue weighted by atomic mass is 19.1. The van der Waals surface area contributed by atoms with Gasteiger partial charge in [-0.1, -0.05) is 24.3 Å². The van der Waals surface area contributed by atoms with Crippen LogP contribution in [0.2, 0.25) is 0 Å². The molecule has 1 aliphatic rings. The smallest absolute Gasteiger partial charge is 0.274 e. The Balaban J connectivity index is 1.43. The molecule has 0 radical (unpaired) electrons. The molecular weight excluding hydrogens is 415 g/mol. The minimum absolute atomic E-state index is 0.103. The van der Waals surface area contributed by atoms with Gasteiger partial charge in [-0.3, -0.25) is 9.78 Å². The summed E-state index contributed by atoms with van der Waals surface area (Å²) in [4.78, 5) is 27.6. The van der Waals surface area contributed by atoms with E-state index in [0.717, 1.165) is 34.9 Å². The highest BCUT2D eigenvalue weighted by molar-refractivity contribution is 5.98. The third-order valence-electron chi connectivity index (χ3n) is 6.55. The van der Waals surface area contributed by atoms with Crippen LogP contribution >= 0.6 is 0 Å². The van der Waals surface area contributed by atoms with Crippen LogP contribution in [-0.4, -0.2) is 38.8 Å². The largest absolute Gasteiger partial charge is 0.359 e. The molecule has 2 aromatic heterocycles. The lowest BCUT2D eigenvalue weighted by Crippen LogP contribution is -2.35. The molecule has 1 fully saturated rings. The van der Waals surface area contributed by atoms with E-state index >= 15 is 0 Å². The Kier molecular flexibility index (Phi) is 5.67. The third-order valence-corrected chi connectivity index (χ3v) is 6.55. The fraction of sp³-hybridized carbons (Fsp3) is 0.296. The summed E-state index contributed by atoms with van der Waals surface area (Å²) in [5, 5.41) is 0.865. The van der Waals surface area contributed by atoms with Gasteiger partial charge in [-0.25, -0.2) is 9.37 Å². The maximum Gasteiger partial charge on any atom is 0.274 e. The Morgan fingerprint density at radius 1 is 1.12 bits per heavy atom. The number of para-hydroxylation sites is 1. The minimum atomic E-state index is -0.262. The average molecular weight is 443 g/mol. The number of carbonyl (C=O) groups excluding carboxylic acids is 1. The van der Waals surface area contributed by atoms with Crippen molar-refractivity contribution in [2.75, 3.05) is 13.1 Å². The highest BCUT2D eigenvalue weighted by Gasteiger charge is 2.29. The Morgan fingerprint density at radius 3 is 2.73 bits per heavy atom. The van der Waals surface area contributed by atoms with Crippen LogP contribution in [0, 0.1) is 25.6 Å². The zero-order valence-corrected chi connectivity index (χ0v) is 18.9. The average Bonchev–Trinajstić information content (AvgIpc) is 3.55. The van der Waals surface area contributed by atoms with E-state index in [1.54, 1.807) is 18.5 Å². The van der Waals surface area contributed by atoms with E-state index in [9.17, 15) is 9.18 Å². The van der Waals surface area contributed by atoms with Crippen molar-refractivity contribution in [3.8, 4) is 11.3 Å². The van der Waals surface area contributed by atoms with Gasteiger partial charge >= 0.3 is 0 Å². The second kappa shape index (κ2) is 8.77. The van der Waals surface area contributed by atoms with Crippen LogP contribution in [0.5, 0.6) is 0 Å². The number of hydrogen-bond donors (Lipinski definition) is 1. The highest BCUT2D eigenvalue weighted by Crippen LogP contribution is 2.31. The number of nitrogens with zero attached hydrogens (tertiary/aromatic N) is 3. The van der Waals surface area contributed by atoms with E-state index in [4.69, 9.17) is 0 Å². The minimum Gasteiger partial charge on any atom is -0.359 e. The molecule has 1 aliphatic carbocycles. The van der Waals surface area contributed by atoms with E-state index in [-0.39, 0.29) is 11.7 Å². The Hall–Kier alpha value is -3.54. The van der Waals surface area contributed by atoms with E-state index in [2.05, 4.69) is 34.9 Å². The number of fused-ring (bicyclic) bond motifs is 1. The first-order chi connectivity index (χ1) is 16.0. The summed E-state index contributed by atoms with van der Waals surface area (Å²) in [6.07, 6.45) is 7.99. The van der Waals surface area contributed by atoms with E-state index < -0.39 is 0 Å².